The molecule has 0 atom stereocenters. The highest BCUT2D eigenvalue weighted by molar-refractivity contribution is 5.69. The number of esters is 2. The lowest BCUT2D eigenvalue weighted by Crippen LogP contribution is -2.06. The first-order valence-corrected chi connectivity index (χ1v) is 9.60. The van der Waals surface area contributed by atoms with Gasteiger partial charge in [-0.25, -0.2) is 0 Å². The standard InChI is InChI=1S/C19H34O4/c20-18-14-10-6-4-2-1-3-5-7-11-15-19(21)23-17-13-9-8-12-16-22-18/h1-17H2. The maximum absolute atomic E-state index is 11.6. The van der Waals surface area contributed by atoms with E-state index in [0.717, 1.165) is 51.4 Å². The maximum Gasteiger partial charge on any atom is 0.305 e. The highest BCUT2D eigenvalue weighted by atomic mass is 16.5. The molecule has 0 amide bonds. The van der Waals surface area contributed by atoms with E-state index in [0.29, 0.717) is 26.1 Å². The molecule has 0 bridgehead atoms. The van der Waals surface area contributed by atoms with Gasteiger partial charge in [0.1, 0.15) is 0 Å². The van der Waals surface area contributed by atoms with Crippen molar-refractivity contribution in [2.45, 2.75) is 96.3 Å². The molecule has 1 aliphatic heterocycles. The summed E-state index contributed by atoms with van der Waals surface area (Å²) in [4.78, 5) is 23.1. The van der Waals surface area contributed by atoms with Crippen LogP contribution in [0.3, 0.4) is 0 Å². The Bertz CT molecular complexity index is 284. The molecule has 23 heavy (non-hydrogen) atoms. The second-order valence-corrected chi connectivity index (χ2v) is 6.54. The monoisotopic (exact) mass is 326 g/mol. The molecule has 134 valence electrons. The van der Waals surface area contributed by atoms with Crippen molar-refractivity contribution >= 4 is 11.9 Å². The van der Waals surface area contributed by atoms with Gasteiger partial charge in [-0.1, -0.05) is 44.9 Å². The van der Waals surface area contributed by atoms with Gasteiger partial charge in [-0.2, -0.15) is 0 Å². The van der Waals surface area contributed by atoms with Crippen molar-refractivity contribution in [3.8, 4) is 0 Å². The fourth-order valence-electron chi connectivity index (χ4n) is 2.85. The van der Waals surface area contributed by atoms with E-state index in [1.807, 2.05) is 0 Å². The number of carbonyl (C=O) groups excluding carboxylic acids is 2. The fraction of sp³-hybridized carbons (Fsp3) is 0.895. The van der Waals surface area contributed by atoms with Gasteiger partial charge in [0.05, 0.1) is 13.2 Å². The van der Waals surface area contributed by atoms with Crippen molar-refractivity contribution < 1.29 is 19.1 Å². The van der Waals surface area contributed by atoms with Crippen LogP contribution in [0.5, 0.6) is 0 Å². The van der Waals surface area contributed by atoms with Crippen LogP contribution in [0, 0.1) is 0 Å². The normalized spacial score (nSPS) is 22.4. The van der Waals surface area contributed by atoms with Gasteiger partial charge in [0, 0.05) is 12.8 Å². The highest BCUT2D eigenvalue weighted by Gasteiger charge is 2.04. The summed E-state index contributed by atoms with van der Waals surface area (Å²) in [6, 6.07) is 0. The number of rotatable bonds is 0. The van der Waals surface area contributed by atoms with Crippen LogP contribution < -0.4 is 0 Å². The number of hydrogen-bond donors (Lipinski definition) is 0. The van der Waals surface area contributed by atoms with E-state index in [-0.39, 0.29) is 11.9 Å². The minimum Gasteiger partial charge on any atom is -0.466 e. The Morgan fingerprint density at radius 3 is 1.13 bits per heavy atom. The van der Waals surface area contributed by atoms with Gasteiger partial charge in [0.25, 0.3) is 0 Å². The van der Waals surface area contributed by atoms with Crippen LogP contribution in [0.2, 0.25) is 0 Å². The molecule has 0 aromatic carbocycles. The zero-order valence-corrected chi connectivity index (χ0v) is 14.7. The molecule has 0 saturated carbocycles. The van der Waals surface area contributed by atoms with Crippen molar-refractivity contribution in [3.63, 3.8) is 0 Å². The van der Waals surface area contributed by atoms with Gasteiger partial charge in [-0.3, -0.25) is 9.59 Å². The van der Waals surface area contributed by atoms with E-state index in [4.69, 9.17) is 9.47 Å². The van der Waals surface area contributed by atoms with E-state index in [9.17, 15) is 9.59 Å². The number of carbonyl (C=O) groups is 2. The molecule has 0 unspecified atom stereocenters. The first-order chi connectivity index (χ1) is 11.3. The predicted octanol–water partition coefficient (Wildman–Crippen LogP) is 4.94. The molecule has 4 heteroatoms. The Morgan fingerprint density at radius 1 is 0.435 bits per heavy atom. The summed E-state index contributed by atoms with van der Waals surface area (Å²) in [5, 5.41) is 0. The Morgan fingerprint density at radius 2 is 0.739 bits per heavy atom. The summed E-state index contributed by atoms with van der Waals surface area (Å²) >= 11 is 0. The smallest absolute Gasteiger partial charge is 0.305 e. The molecule has 0 N–H and O–H groups in total. The minimum absolute atomic E-state index is 0.0511. The van der Waals surface area contributed by atoms with E-state index in [1.54, 1.807) is 0 Å². The Hall–Kier alpha value is -1.06. The van der Waals surface area contributed by atoms with Crippen molar-refractivity contribution in [2.75, 3.05) is 13.2 Å². The van der Waals surface area contributed by atoms with Crippen LogP contribution in [0.4, 0.5) is 0 Å². The van der Waals surface area contributed by atoms with Gasteiger partial charge in [0.2, 0.25) is 0 Å². The minimum atomic E-state index is -0.0511. The van der Waals surface area contributed by atoms with Gasteiger partial charge in [0.15, 0.2) is 0 Å². The van der Waals surface area contributed by atoms with E-state index < -0.39 is 0 Å². The third-order valence-electron chi connectivity index (χ3n) is 4.33. The summed E-state index contributed by atoms with van der Waals surface area (Å²) in [6.45, 7) is 1.05. The second kappa shape index (κ2) is 14.5. The van der Waals surface area contributed by atoms with Gasteiger partial charge >= 0.3 is 11.9 Å². The third-order valence-corrected chi connectivity index (χ3v) is 4.33. The fourth-order valence-corrected chi connectivity index (χ4v) is 2.85. The zero-order chi connectivity index (χ0) is 16.6. The van der Waals surface area contributed by atoms with Crippen molar-refractivity contribution in [2.24, 2.45) is 0 Å². The van der Waals surface area contributed by atoms with Crippen LogP contribution in [-0.2, 0) is 19.1 Å². The third kappa shape index (κ3) is 13.1. The Balaban J connectivity index is 2.17. The predicted molar refractivity (Wildman–Crippen MR) is 91.2 cm³/mol. The van der Waals surface area contributed by atoms with Crippen LogP contribution >= 0.6 is 0 Å². The first-order valence-electron chi connectivity index (χ1n) is 9.60. The Labute approximate surface area is 141 Å². The van der Waals surface area contributed by atoms with E-state index in [2.05, 4.69) is 0 Å². The summed E-state index contributed by atoms with van der Waals surface area (Å²) < 4.78 is 10.5. The molecule has 1 fully saturated rings. The first kappa shape index (κ1) is 20.0. The molecule has 1 rings (SSSR count). The van der Waals surface area contributed by atoms with Crippen LogP contribution in [0.15, 0.2) is 0 Å². The summed E-state index contributed by atoms with van der Waals surface area (Å²) in [5.74, 6) is -0.102. The average molecular weight is 326 g/mol. The lowest BCUT2D eigenvalue weighted by molar-refractivity contribution is -0.145. The molecule has 0 aliphatic carbocycles. The van der Waals surface area contributed by atoms with Crippen LogP contribution in [0.1, 0.15) is 96.3 Å². The largest absolute Gasteiger partial charge is 0.466 e. The average Bonchev–Trinajstić information content (AvgIpc) is 2.54. The van der Waals surface area contributed by atoms with Crippen molar-refractivity contribution in [1.29, 1.82) is 0 Å². The van der Waals surface area contributed by atoms with E-state index >= 15 is 0 Å². The molecular weight excluding hydrogens is 292 g/mol. The zero-order valence-electron chi connectivity index (χ0n) is 14.7. The molecule has 0 radical (unpaired) electrons. The molecule has 0 spiro atoms. The number of cyclic esters (lactones) is 2. The molecule has 4 nitrogen and oxygen atoms in total. The summed E-state index contributed by atoms with van der Waals surface area (Å²) in [7, 11) is 0. The van der Waals surface area contributed by atoms with E-state index in [1.165, 1.54) is 32.1 Å². The van der Waals surface area contributed by atoms with Crippen LogP contribution in [0.25, 0.3) is 0 Å². The molecule has 0 aromatic rings. The summed E-state index contributed by atoms with van der Waals surface area (Å²) in [5.41, 5.74) is 0. The molecule has 0 aromatic heterocycles. The number of hydrogen-bond acceptors (Lipinski definition) is 4. The highest BCUT2D eigenvalue weighted by Crippen LogP contribution is 2.12. The molecular formula is C19H34O4. The lowest BCUT2D eigenvalue weighted by Gasteiger charge is -2.06. The molecule has 1 saturated heterocycles. The topological polar surface area (TPSA) is 52.6 Å². The molecule has 1 aliphatic rings. The quantitative estimate of drug-likeness (QED) is 0.592. The molecule has 1 heterocycles. The van der Waals surface area contributed by atoms with Gasteiger partial charge in [-0.05, 0) is 38.5 Å². The van der Waals surface area contributed by atoms with Crippen molar-refractivity contribution in [3.05, 3.63) is 0 Å². The maximum atomic E-state index is 11.6. The SMILES string of the molecule is O=C1CCCCCCCCCCCC(=O)OCCCCCCO1. The van der Waals surface area contributed by atoms with Gasteiger partial charge < -0.3 is 9.47 Å². The summed E-state index contributed by atoms with van der Waals surface area (Å²) in [6.07, 6.45) is 15.3. The van der Waals surface area contributed by atoms with Crippen molar-refractivity contribution in [1.82, 2.24) is 0 Å². The number of ether oxygens (including phenoxy) is 2. The van der Waals surface area contributed by atoms with Crippen LogP contribution in [-0.4, -0.2) is 25.2 Å². The Kier molecular flexibility index (Phi) is 12.6. The second-order valence-electron chi connectivity index (χ2n) is 6.54. The van der Waals surface area contributed by atoms with Gasteiger partial charge in [-0.15, -0.1) is 0 Å². The lowest BCUT2D eigenvalue weighted by atomic mass is 10.1.